The van der Waals surface area contributed by atoms with Gasteiger partial charge < -0.3 is 0 Å². The normalized spacial score (nSPS) is 12.6. The van der Waals surface area contributed by atoms with Gasteiger partial charge >= 0.3 is 0 Å². The predicted octanol–water partition coefficient (Wildman–Crippen LogP) is 5.31. The van der Waals surface area contributed by atoms with Crippen molar-refractivity contribution in [2.75, 3.05) is 7.05 Å². The molecule has 0 N–H and O–H groups in total. The fraction of sp³-hybridized carbons (Fsp3) is 0.167. The Morgan fingerprint density at radius 2 is 1.67 bits per heavy atom. The molecule has 0 aromatic heterocycles. The van der Waals surface area contributed by atoms with Crippen LogP contribution in [-0.4, -0.2) is 12.8 Å². The second-order valence-corrected chi connectivity index (χ2v) is 5.84. The van der Waals surface area contributed by atoms with Crippen molar-refractivity contribution in [3.8, 4) is 0 Å². The largest absolute Gasteiger partial charge is 0.287 e. The molecule has 0 radical (unpaired) electrons. The lowest BCUT2D eigenvalue weighted by Gasteiger charge is -2.12. The zero-order valence-corrected chi connectivity index (χ0v) is 13.2. The van der Waals surface area contributed by atoms with Gasteiger partial charge in [0.05, 0.1) is 5.71 Å². The topological polar surface area (TPSA) is 12.4 Å². The van der Waals surface area contributed by atoms with Crippen LogP contribution >= 0.6 is 11.8 Å². The predicted molar refractivity (Wildman–Crippen MR) is 89.7 cm³/mol. The molecule has 0 saturated heterocycles. The number of hydrogen-bond donors (Lipinski definition) is 0. The minimum absolute atomic E-state index is 0.249. The van der Waals surface area contributed by atoms with Crippen LogP contribution in [0.2, 0.25) is 0 Å². The van der Waals surface area contributed by atoms with E-state index in [4.69, 9.17) is 0 Å². The van der Waals surface area contributed by atoms with Crippen LogP contribution in [0.25, 0.3) is 0 Å². The number of thioether (sulfide) groups is 1. The van der Waals surface area contributed by atoms with E-state index in [-0.39, 0.29) is 5.82 Å². The van der Waals surface area contributed by atoms with E-state index in [2.05, 4.69) is 18.0 Å². The van der Waals surface area contributed by atoms with E-state index in [1.54, 1.807) is 30.9 Å². The highest BCUT2D eigenvalue weighted by Gasteiger charge is 2.14. The van der Waals surface area contributed by atoms with E-state index in [9.17, 15) is 4.39 Å². The highest BCUT2D eigenvalue weighted by molar-refractivity contribution is 8.03. The van der Waals surface area contributed by atoms with Gasteiger partial charge in [0, 0.05) is 23.1 Å². The molecule has 108 valence electrons. The van der Waals surface area contributed by atoms with Crippen molar-refractivity contribution in [2.45, 2.75) is 18.7 Å². The maximum atomic E-state index is 14.1. The number of hydrogen-bond acceptors (Lipinski definition) is 2. The molecule has 0 amide bonds. The summed E-state index contributed by atoms with van der Waals surface area (Å²) in [5.74, 6) is -0.249. The van der Waals surface area contributed by atoms with Crippen molar-refractivity contribution in [2.24, 2.45) is 4.99 Å². The molecule has 2 aromatic rings. The quantitative estimate of drug-likeness (QED) is 0.550. The Hall–Kier alpha value is -1.87. The molecule has 0 aliphatic rings. The summed E-state index contributed by atoms with van der Waals surface area (Å²) in [6, 6.07) is 14.7. The van der Waals surface area contributed by atoms with Gasteiger partial charge in [-0.2, -0.15) is 0 Å². The lowest BCUT2D eigenvalue weighted by atomic mass is 10.0. The Balaban J connectivity index is 2.52. The third-order valence-electron chi connectivity index (χ3n) is 3.17. The molecule has 0 aliphatic carbocycles. The molecule has 0 unspecified atom stereocenters. The van der Waals surface area contributed by atoms with E-state index in [0.29, 0.717) is 11.3 Å². The number of aliphatic imine (C=N–C) groups is 1. The zero-order valence-electron chi connectivity index (χ0n) is 12.4. The van der Waals surface area contributed by atoms with Gasteiger partial charge in [0.2, 0.25) is 0 Å². The summed E-state index contributed by atoms with van der Waals surface area (Å²) < 4.78 is 14.1. The van der Waals surface area contributed by atoms with Gasteiger partial charge in [-0.05, 0) is 37.0 Å². The smallest absolute Gasteiger partial charge is 0.132 e. The van der Waals surface area contributed by atoms with Gasteiger partial charge in [-0.25, -0.2) is 4.39 Å². The van der Waals surface area contributed by atoms with Gasteiger partial charge in [0.15, 0.2) is 0 Å². The SMILES string of the molecule is C/C=C(\C)Sc1ccccc1C(=NC)c1ccccc1F. The fourth-order valence-corrected chi connectivity index (χ4v) is 2.91. The van der Waals surface area contributed by atoms with E-state index >= 15 is 0 Å². The van der Waals surface area contributed by atoms with Gasteiger partial charge in [-0.15, -0.1) is 0 Å². The van der Waals surface area contributed by atoms with Crippen LogP contribution in [0.3, 0.4) is 0 Å². The summed E-state index contributed by atoms with van der Waals surface area (Å²) in [6.45, 7) is 4.07. The lowest BCUT2D eigenvalue weighted by molar-refractivity contribution is 0.625. The fourth-order valence-electron chi connectivity index (χ4n) is 2.02. The minimum Gasteiger partial charge on any atom is -0.287 e. The molecule has 0 fully saturated rings. The zero-order chi connectivity index (χ0) is 15.2. The highest BCUT2D eigenvalue weighted by Crippen LogP contribution is 2.31. The molecule has 0 saturated carbocycles. The summed E-state index contributed by atoms with van der Waals surface area (Å²) in [4.78, 5) is 6.61. The average molecular weight is 299 g/mol. The Kier molecular flexibility index (Phi) is 5.34. The first-order valence-corrected chi connectivity index (χ1v) is 7.61. The molecule has 3 heteroatoms. The summed E-state index contributed by atoms with van der Waals surface area (Å²) in [6.07, 6.45) is 2.06. The van der Waals surface area contributed by atoms with Crippen LogP contribution in [0.15, 0.2) is 69.4 Å². The van der Waals surface area contributed by atoms with Gasteiger partial charge in [-0.3, -0.25) is 4.99 Å². The van der Waals surface area contributed by atoms with Crippen LogP contribution < -0.4 is 0 Å². The van der Waals surface area contributed by atoms with E-state index in [1.165, 1.54) is 11.0 Å². The molecule has 0 spiro atoms. The third kappa shape index (κ3) is 3.61. The molecule has 0 bridgehead atoms. The number of allylic oxidation sites excluding steroid dienone is 2. The second-order valence-electron chi connectivity index (χ2n) is 4.55. The first-order valence-electron chi connectivity index (χ1n) is 6.79. The Bertz CT molecular complexity index is 689. The van der Waals surface area contributed by atoms with Gasteiger partial charge in [0.25, 0.3) is 0 Å². The van der Waals surface area contributed by atoms with Crippen LogP contribution in [0.4, 0.5) is 4.39 Å². The van der Waals surface area contributed by atoms with Crippen LogP contribution in [0, 0.1) is 5.82 Å². The maximum Gasteiger partial charge on any atom is 0.132 e. The van der Waals surface area contributed by atoms with E-state index in [0.717, 1.165) is 10.5 Å². The number of nitrogens with zero attached hydrogens (tertiary/aromatic N) is 1. The first kappa shape index (κ1) is 15.5. The van der Waals surface area contributed by atoms with E-state index in [1.807, 2.05) is 37.3 Å². The molecule has 0 atom stereocenters. The molecule has 1 nitrogen and oxygen atoms in total. The van der Waals surface area contributed by atoms with Crippen molar-refractivity contribution in [3.63, 3.8) is 0 Å². The molecule has 0 heterocycles. The molecule has 2 rings (SSSR count). The Labute approximate surface area is 129 Å². The minimum atomic E-state index is -0.249. The van der Waals surface area contributed by atoms with Crippen LogP contribution in [0.1, 0.15) is 25.0 Å². The first-order chi connectivity index (χ1) is 10.2. The monoisotopic (exact) mass is 299 g/mol. The lowest BCUT2D eigenvalue weighted by Crippen LogP contribution is -2.07. The Morgan fingerprint density at radius 1 is 1.05 bits per heavy atom. The molecular weight excluding hydrogens is 281 g/mol. The third-order valence-corrected chi connectivity index (χ3v) is 4.31. The van der Waals surface area contributed by atoms with Crippen LogP contribution in [0.5, 0.6) is 0 Å². The highest BCUT2D eigenvalue weighted by atomic mass is 32.2. The van der Waals surface area contributed by atoms with Gasteiger partial charge in [-0.1, -0.05) is 48.2 Å². The maximum absolute atomic E-state index is 14.1. The van der Waals surface area contributed by atoms with Crippen molar-refractivity contribution >= 4 is 17.5 Å². The van der Waals surface area contributed by atoms with Crippen molar-refractivity contribution in [1.29, 1.82) is 0 Å². The number of benzene rings is 2. The van der Waals surface area contributed by atoms with Crippen molar-refractivity contribution < 1.29 is 4.39 Å². The summed E-state index contributed by atoms with van der Waals surface area (Å²) in [5.41, 5.74) is 2.17. The molecular formula is C18H18FNS. The summed E-state index contributed by atoms with van der Waals surface area (Å²) in [7, 11) is 1.70. The molecule has 0 aliphatic heterocycles. The molecule has 2 aromatic carbocycles. The average Bonchev–Trinajstić information content (AvgIpc) is 2.51. The Morgan fingerprint density at radius 3 is 2.29 bits per heavy atom. The summed E-state index contributed by atoms with van der Waals surface area (Å²) >= 11 is 1.67. The van der Waals surface area contributed by atoms with Crippen molar-refractivity contribution in [1.82, 2.24) is 0 Å². The van der Waals surface area contributed by atoms with E-state index < -0.39 is 0 Å². The summed E-state index contributed by atoms with van der Waals surface area (Å²) in [5, 5.41) is 0. The standard InChI is InChI=1S/C18H18FNS/c1-4-13(2)21-17-12-8-6-10-15(17)18(20-3)14-9-5-7-11-16(14)19/h4-12H,1-3H3/b13-4+,20-18?. The van der Waals surface area contributed by atoms with Crippen molar-refractivity contribution in [3.05, 3.63) is 76.5 Å². The number of halogens is 1. The number of rotatable bonds is 4. The van der Waals surface area contributed by atoms with Gasteiger partial charge in [0.1, 0.15) is 5.82 Å². The van der Waals surface area contributed by atoms with Crippen LogP contribution in [-0.2, 0) is 0 Å². The second kappa shape index (κ2) is 7.23. The molecule has 21 heavy (non-hydrogen) atoms.